The molecular formula is C12H24N2O2Pt. The molecule has 0 atom stereocenters. The third-order valence-electron chi connectivity index (χ3n) is 3.54. The molecule has 0 aromatic rings. The van der Waals surface area contributed by atoms with Crippen molar-refractivity contribution in [1.29, 1.82) is 0 Å². The average molecular weight is 423 g/mol. The Morgan fingerprint density at radius 2 is 0.882 bits per heavy atom. The summed E-state index contributed by atoms with van der Waals surface area (Å²) in [4.78, 5) is 0. The first-order valence-corrected chi connectivity index (χ1v) is 6.62. The Morgan fingerprint density at radius 3 is 1.06 bits per heavy atom. The molecule has 0 aliphatic heterocycles. The van der Waals surface area contributed by atoms with Crippen molar-refractivity contribution in [1.82, 2.24) is 11.0 Å². The maximum atomic E-state index is 10.0. The Morgan fingerprint density at radius 1 is 0.588 bits per heavy atom. The number of hydroxylamine groups is 2. The fraction of sp³-hybridized carbons (Fsp3) is 1.00. The zero-order valence-corrected chi connectivity index (χ0v) is 12.6. The van der Waals surface area contributed by atoms with Crippen LogP contribution in [0.15, 0.2) is 0 Å². The molecule has 2 saturated carbocycles. The van der Waals surface area contributed by atoms with E-state index in [1.807, 2.05) is 0 Å². The van der Waals surface area contributed by atoms with Crippen molar-refractivity contribution < 1.29 is 21.1 Å². The molecule has 0 aromatic carbocycles. The standard InChI is InChI=1S/2C6H12NO.Pt/c2*8-7-6-4-2-1-3-5-6;/h2*6-7H,1-5H2;/q2*-1;+2. The van der Waals surface area contributed by atoms with Crippen LogP contribution < -0.4 is 11.0 Å². The van der Waals surface area contributed by atoms with Crippen molar-refractivity contribution in [3.8, 4) is 0 Å². The van der Waals surface area contributed by atoms with Gasteiger partial charge >= 0.3 is 21.1 Å². The van der Waals surface area contributed by atoms with E-state index in [0.717, 1.165) is 25.7 Å². The molecule has 104 valence electrons. The molecule has 0 spiro atoms. The SMILES string of the molecule is [O-]NC1CCCCC1.[O-]NC1CCCCC1.[Pt+2]. The van der Waals surface area contributed by atoms with Gasteiger partial charge in [0.2, 0.25) is 0 Å². The van der Waals surface area contributed by atoms with Gasteiger partial charge in [0, 0.05) is 0 Å². The van der Waals surface area contributed by atoms with Gasteiger partial charge in [0.15, 0.2) is 0 Å². The van der Waals surface area contributed by atoms with Gasteiger partial charge in [-0.3, -0.25) is 0 Å². The summed E-state index contributed by atoms with van der Waals surface area (Å²) in [6.07, 6.45) is 11.9. The molecule has 0 aromatic heterocycles. The molecule has 0 unspecified atom stereocenters. The molecule has 0 amide bonds. The van der Waals surface area contributed by atoms with Gasteiger partial charge in [-0.1, -0.05) is 38.5 Å². The molecular weight excluding hydrogens is 399 g/mol. The summed E-state index contributed by atoms with van der Waals surface area (Å²) >= 11 is 0. The first-order valence-electron chi connectivity index (χ1n) is 6.62. The largest absolute Gasteiger partial charge is 2.00 e. The minimum Gasteiger partial charge on any atom is -0.788 e. The molecule has 4 nitrogen and oxygen atoms in total. The van der Waals surface area contributed by atoms with E-state index < -0.39 is 0 Å². The van der Waals surface area contributed by atoms with Crippen LogP contribution >= 0.6 is 0 Å². The van der Waals surface area contributed by atoms with Crippen molar-refractivity contribution >= 4 is 0 Å². The van der Waals surface area contributed by atoms with Crippen molar-refractivity contribution in [2.45, 2.75) is 76.3 Å². The minimum absolute atomic E-state index is 0. The zero-order chi connectivity index (χ0) is 11.6. The normalized spacial score (nSPS) is 22.2. The second-order valence-electron chi connectivity index (χ2n) is 4.91. The van der Waals surface area contributed by atoms with Crippen molar-refractivity contribution in [3.05, 3.63) is 10.4 Å². The fourth-order valence-corrected chi connectivity index (χ4v) is 2.44. The summed E-state index contributed by atoms with van der Waals surface area (Å²) < 4.78 is 0. The van der Waals surface area contributed by atoms with Crippen LogP contribution in [0, 0.1) is 10.4 Å². The monoisotopic (exact) mass is 423 g/mol. The van der Waals surface area contributed by atoms with E-state index >= 15 is 0 Å². The molecule has 2 fully saturated rings. The summed E-state index contributed by atoms with van der Waals surface area (Å²) in [5.41, 5.74) is 4.11. The zero-order valence-electron chi connectivity index (χ0n) is 10.4. The summed E-state index contributed by atoms with van der Waals surface area (Å²) in [6.45, 7) is 0. The van der Waals surface area contributed by atoms with Crippen molar-refractivity contribution in [3.63, 3.8) is 0 Å². The topological polar surface area (TPSA) is 70.2 Å². The van der Waals surface area contributed by atoms with Gasteiger partial charge in [0.1, 0.15) is 0 Å². The van der Waals surface area contributed by atoms with Crippen LogP contribution in [0.5, 0.6) is 0 Å². The quantitative estimate of drug-likeness (QED) is 0.671. The maximum absolute atomic E-state index is 10.0. The number of hydrogen-bond donors (Lipinski definition) is 2. The molecule has 2 aliphatic carbocycles. The molecule has 5 heteroatoms. The second kappa shape index (κ2) is 11.6. The predicted octanol–water partition coefficient (Wildman–Crippen LogP) is 2.81. The summed E-state index contributed by atoms with van der Waals surface area (Å²) in [5.74, 6) is 0. The molecule has 0 heterocycles. The van der Waals surface area contributed by atoms with E-state index in [2.05, 4.69) is 11.0 Å². The molecule has 2 rings (SSSR count). The van der Waals surface area contributed by atoms with Crippen LogP contribution in [0.25, 0.3) is 0 Å². The molecule has 17 heavy (non-hydrogen) atoms. The third-order valence-corrected chi connectivity index (χ3v) is 3.54. The van der Waals surface area contributed by atoms with Gasteiger partial charge < -0.3 is 21.4 Å². The third kappa shape index (κ3) is 8.28. The summed E-state index contributed by atoms with van der Waals surface area (Å²) in [7, 11) is 0. The summed E-state index contributed by atoms with van der Waals surface area (Å²) in [5, 5.41) is 20.1. The van der Waals surface area contributed by atoms with E-state index in [-0.39, 0.29) is 33.1 Å². The maximum Gasteiger partial charge on any atom is 2.00 e. The smallest absolute Gasteiger partial charge is 0.788 e. The van der Waals surface area contributed by atoms with E-state index in [4.69, 9.17) is 0 Å². The van der Waals surface area contributed by atoms with Gasteiger partial charge in [0.25, 0.3) is 0 Å². The molecule has 0 saturated heterocycles. The summed E-state index contributed by atoms with van der Waals surface area (Å²) in [6, 6.07) is 0.562. The van der Waals surface area contributed by atoms with Gasteiger partial charge in [-0.05, 0) is 37.8 Å². The number of nitrogens with one attached hydrogen (secondary N) is 2. The van der Waals surface area contributed by atoms with Crippen LogP contribution in [-0.2, 0) is 21.1 Å². The van der Waals surface area contributed by atoms with Crippen LogP contribution in [0.2, 0.25) is 0 Å². The van der Waals surface area contributed by atoms with E-state index in [9.17, 15) is 10.4 Å². The Kier molecular flexibility index (Phi) is 12.0. The van der Waals surface area contributed by atoms with E-state index in [0.29, 0.717) is 0 Å². The van der Waals surface area contributed by atoms with E-state index in [1.54, 1.807) is 0 Å². The van der Waals surface area contributed by atoms with Crippen LogP contribution in [-0.4, -0.2) is 12.1 Å². The van der Waals surface area contributed by atoms with Crippen LogP contribution in [0.1, 0.15) is 64.2 Å². The predicted molar refractivity (Wildman–Crippen MR) is 66.8 cm³/mol. The van der Waals surface area contributed by atoms with Gasteiger partial charge in [-0.15, -0.1) is 0 Å². The van der Waals surface area contributed by atoms with Crippen molar-refractivity contribution in [2.24, 2.45) is 0 Å². The number of rotatable bonds is 2. The average Bonchev–Trinajstić information content (AvgIpc) is 2.41. The Balaban J connectivity index is 0.000000284. The molecule has 0 radical (unpaired) electrons. The van der Waals surface area contributed by atoms with Gasteiger partial charge in [-0.25, -0.2) is 0 Å². The van der Waals surface area contributed by atoms with Gasteiger partial charge in [-0.2, -0.15) is 0 Å². The Labute approximate surface area is 119 Å². The van der Waals surface area contributed by atoms with E-state index in [1.165, 1.54) is 38.5 Å². The fourth-order valence-electron chi connectivity index (χ4n) is 2.44. The van der Waals surface area contributed by atoms with Gasteiger partial charge in [0.05, 0.1) is 0 Å². The second-order valence-corrected chi connectivity index (χ2v) is 4.91. The molecule has 2 N–H and O–H groups in total. The first-order chi connectivity index (χ1) is 7.86. The van der Waals surface area contributed by atoms with Crippen LogP contribution in [0.3, 0.4) is 0 Å². The molecule has 2 aliphatic rings. The Hall–Kier alpha value is 0.528. The first kappa shape index (κ1) is 17.5. The van der Waals surface area contributed by atoms with Crippen LogP contribution in [0.4, 0.5) is 0 Å². The van der Waals surface area contributed by atoms with Crippen molar-refractivity contribution in [2.75, 3.05) is 0 Å². The number of hydrogen-bond acceptors (Lipinski definition) is 4. The molecule has 0 bridgehead atoms. The Bertz CT molecular complexity index is 143. The minimum atomic E-state index is 0.